The molecule has 0 amide bonds. The third-order valence-electron chi connectivity index (χ3n) is 2.89. The number of hydrogen-bond acceptors (Lipinski definition) is 5. The number of carboxylic acids is 1. The molecule has 6 heteroatoms. The topological polar surface area (TPSA) is 110 Å². The van der Waals surface area contributed by atoms with Crippen molar-refractivity contribution in [1.29, 1.82) is 0 Å². The quantitative estimate of drug-likeness (QED) is 0.388. The Bertz CT molecular complexity index is 458. The lowest BCUT2D eigenvalue weighted by molar-refractivity contribution is -0.170. The number of unbranched alkanes of at least 4 members (excludes halogenated alkanes) is 1. The van der Waals surface area contributed by atoms with Crippen LogP contribution in [0.25, 0.3) is 0 Å². The number of nitrogens with two attached hydrogens (primary N) is 1. The lowest BCUT2D eigenvalue weighted by Crippen LogP contribution is -2.55. The fourth-order valence-electron chi connectivity index (χ4n) is 1.74. The van der Waals surface area contributed by atoms with E-state index in [1.165, 1.54) is 12.1 Å². The van der Waals surface area contributed by atoms with Gasteiger partial charge in [-0.1, -0.05) is 43.7 Å². The Balaban J connectivity index is 3.03. The van der Waals surface area contributed by atoms with Crippen LogP contribution in [0.2, 0.25) is 0 Å². The van der Waals surface area contributed by atoms with Crippen molar-refractivity contribution in [2.24, 2.45) is 5.73 Å². The SMILES string of the molecule is CCCCOC(=O)C(c1ccccc1)C(N)(O)C(=O)O. The van der Waals surface area contributed by atoms with E-state index in [-0.39, 0.29) is 6.61 Å². The zero-order valence-corrected chi connectivity index (χ0v) is 11.3. The van der Waals surface area contributed by atoms with Crippen molar-refractivity contribution >= 4 is 11.9 Å². The molecule has 1 rings (SSSR count). The van der Waals surface area contributed by atoms with Gasteiger partial charge in [0.1, 0.15) is 5.92 Å². The predicted octanol–water partition coefficient (Wildman–Crippen LogP) is 0.845. The van der Waals surface area contributed by atoms with Crippen LogP contribution in [0.4, 0.5) is 0 Å². The Morgan fingerprint density at radius 3 is 2.45 bits per heavy atom. The molecule has 0 radical (unpaired) electrons. The molecule has 0 saturated carbocycles. The standard InChI is InChI=1S/C14H19NO5/c1-2-3-9-20-12(16)11(14(15,19)13(17)18)10-7-5-4-6-8-10/h4-8,11,19H,2-3,9,15H2,1H3,(H,17,18). The molecule has 0 aliphatic carbocycles. The smallest absolute Gasteiger partial charge is 0.352 e. The molecule has 0 aromatic heterocycles. The average molecular weight is 281 g/mol. The van der Waals surface area contributed by atoms with Crippen LogP contribution < -0.4 is 5.73 Å². The molecule has 6 nitrogen and oxygen atoms in total. The molecular formula is C14H19NO5. The number of hydrogen-bond donors (Lipinski definition) is 3. The molecule has 2 unspecified atom stereocenters. The molecule has 4 N–H and O–H groups in total. The Hall–Kier alpha value is -1.92. The zero-order chi connectivity index (χ0) is 15.2. The summed E-state index contributed by atoms with van der Waals surface area (Å²) < 4.78 is 4.99. The number of rotatable bonds is 7. The summed E-state index contributed by atoms with van der Waals surface area (Å²) in [5.74, 6) is -4.01. The van der Waals surface area contributed by atoms with Crippen molar-refractivity contribution in [2.75, 3.05) is 6.61 Å². The van der Waals surface area contributed by atoms with Crippen molar-refractivity contribution in [3.05, 3.63) is 35.9 Å². The predicted molar refractivity (Wildman–Crippen MR) is 71.8 cm³/mol. The van der Waals surface area contributed by atoms with Crippen molar-refractivity contribution in [3.8, 4) is 0 Å². The number of benzene rings is 1. The highest BCUT2D eigenvalue weighted by molar-refractivity contribution is 5.89. The van der Waals surface area contributed by atoms with Gasteiger partial charge in [0.15, 0.2) is 0 Å². The molecular weight excluding hydrogens is 262 g/mol. The summed E-state index contributed by atoms with van der Waals surface area (Å²) in [6.45, 7) is 2.09. The van der Waals surface area contributed by atoms with E-state index < -0.39 is 23.6 Å². The first-order chi connectivity index (χ1) is 9.41. The molecule has 0 aliphatic heterocycles. The Labute approximate surface area is 117 Å². The number of carboxylic acid groups (broad SMARTS) is 1. The maximum atomic E-state index is 12.0. The summed E-state index contributed by atoms with van der Waals surface area (Å²) in [4.78, 5) is 23.1. The molecule has 0 fully saturated rings. The molecule has 110 valence electrons. The molecule has 1 aromatic rings. The molecule has 0 heterocycles. The highest BCUT2D eigenvalue weighted by atomic mass is 16.5. The maximum absolute atomic E-state index is 12.0. The van der Waals surface area contributed by atoms with Gasteiger partial charge in [-0.15, -0.1) is 0 Å². The van der Waals surface area contributed by atoms with Gasteiger partial charge in [0.25, 0.3) is 0 Å². The van der Waals surface area contributed by atoms with E-state index in [0.29, 0.717) is 12.0 Å². The van der Waals surface area contributed by atoms with Crippen LogP contribution in [0.1, 0.15) is 31.2 Å². The fraction of sp³-hybridized carbons (Fsp3) is 0.429. The summed E-state index contributed by atoms with van der Waals surface area (Å²) in [7, 11) is 0. The molecule has 0 spiro atoms. The minimum absolute atomic E-state index is 0.161. The van der Waals surface area contributed by atoms with Crippen molar-refractivity contribution in [1.82, 2.24) is 0 Å². The number of aliphatic carboxylic acids is 1. The van der Waals surface area contributed by atoms with E-state index >= 15 is 0 Å². The lowest BCUT2D eigenvalue weighted by Gasteiger charge is -2.27. The van der Waals surface area contributed by atoms with Gasteiger partial charge in [0, 0.05) is 0 Å². The van der Waals surface area contributed by atoms with E-state index in [4.69, 9.17) is 15.6 Å². The molecule has 0 bridgehead atoms. The van der Waals surface area contributed by atoms with Gasteiger partial charge in [-0.3, -0.25) is 10.5 Å². The zero-order valence-electron chi connectivity index (χ0n) is 11.3. The van der Waals surface area contributed by atoms with Crippen LogP contribution in [-0.2, 0) is 14.3 Å². The summed E-state index contributed by atoms with van der Waals surface area (Å²) in [5, 5.41) is 18.9. The Morgan fingerprint density at radius 1 is 1.35 bits per heavy atom. The highest BCUT2D eigenvalue weighted by Crippen LogP contribution is 2.26. The van der Waals surface area contributed by atoms with Gasteiger partial charge < -0.3 is 14.9 Å². The number of esters is 1. The van der Waals surface area contributed by atoms with E-state index in [9.17, 15) is 14.7 Å². The Kier molecular flexibility index (Phi) is 5.66. The average Bonchev–Trinajstić information content (AvgIpc) is 2.40. The van der Waals surface area contributed by atoms with Gasteiger partial charge >= 0.3 is 11.9 Å². The lowest BCUT2D eigenvalue weighted by atomic mass is 9.89. The molecule has 20 heavy (non-hydrogen) atoms. The number of carbonyl (C=O) groups excluding carboxylic acids is 1. The van der Waals surface area contributed by atoms with E-state index in [1.807, 2.05) is 6.92 Å². The second-order valence-corrected chi connectivity index (χ2v) is 4.50. The van der Waals surface area contributed by atoms with E-state index in [2.05, 4.69) is 0 Å². The van der Waals surface area contributed by atoms with Gasteiger partial charge in [0.05, 0.1) is 6.61 Å². The fourth-order valence-corrected chi connectivity index (χ4v) is 1.74. The van der Waals surface area contributed by atoms with Crippen molar-refractivity contribution in [3.63, 3.8) is 0 Å². The Morgan fingerprint density at radius 2 is 1.95 bits per heavy atom. The molecule has 2 atom stereocenters. The van der Waals surface area contributed by atoms with Crippen LogP contribution in [0.5, 0.6) is 0 Å². The van der Waals surface area contributed by atoms with Crippen molar-refractivity contribution < 1.29 is 24.5 Å². The normalized spacial score (nSPS) is 15.2. The van der Waals surface area contributed by atoms with Gasteiger partial charge in [0.2, 0.25) is 5.72 Å². The number of carbonyl (C=O) groups is 2. The third kappa shape index (κ3) is 3.79. The summed E-state index contributed by atoms with van der Waals surface area (Å²) in [5.41, 5.74) is 2.97. The third-order valence-corrected chi connectivity index (χ3v) is 2.89. The summed E-state index contributed by atoms with van der Waals surface area (Å²) in [6, 6.07) is 8.00. The molecule has 0 aliphatic rings. The first kappa shape index (κ1) is 16.1. The number of aliphatic hydroxyl groups is 1. The monoisotopic (exact) mass is 281 g/mol. The minimum atomic E-state index is -2.72. The second kappa shape index (κ2) is 7.02. The molecule has 1 aromatic carbocycles. The van der Waals surface area contributed by atoms with Crippen molar-refractivity contribution in [2.45, 2.75) is 31.4 Å². The molecule has 0 saturated heterocycles. The van der Waals surface area contributed by atoms with Crippen LogP contribution in [0.15, 0.2) is 30.3 Å². The van der Waals surface area contributed by atoms with Crippen LogP contribution in [0.3, 0.4) is 0 Å². The summed E-state index contributed by atoms with van der Waals surface area (Å²) >= 11 is 0. The highest BCUT2D eigenvalue weighted by Gasteiger charge is 2.47. The van der Waals surface area contributed by atoms with Crippen LogP contribution in [0, 0.1) is 0 Å². The van der Waals surface area contributed by atoms with Gasteiger partial charge in [-0.25, -0.2) is 4.79 Å². The largest absolute Gasteiger partial charge is 0.478 e. The first-order valence-electron chi connectivity index (χ1n) is 6.37. The van der Waals surface area contributed by atoms with Crippen LogP contribution >= 0.6 is 0 Å². The van der Waals surface area contributed by atoms with E-state index in [0.717, 1.165) is 6.42 Å². The van der Waals surface area contributed by atoms with E-state index in [1.54, 1.807) is 18.2 Å². The van der Waals surface area contributed by atoms with Crippen LogP contribution in [-0.4, -0.2) is 34.5 Å². The number of ether oxygens (including phenoxy) is 1. The minimum Gasteiger partial charge on any atom is -0.478 e. The maximum Gasteiger partial charge on any atom is 0.352 e. The first-order valence-corrected chi connectivity index (χ1v) is 6.37. The summed E-state index contributed by atoms with van der Waals surface area (Å²) in [6.07, 6.45) is 1.48. The second-order valence-electron chi connectivity index (χ2n) is 4.50. The van der Waals surface area contributed by atoms with Gasteiger partial charge in [-0.2, -0.15) is 0 Å². The van der Waals surface area contributed by atoms with Gasteiger partial charge in [-0.05, 0) is 12.0 Å².